The number of primary amides is 1. The van der Waals surface area contributed by atoms with E-state index in [1.54, 1.807) is 17.1 Å². The number of fused-ring (bicyclic) bond motifs is 1. The zero-order valence-electron chi connectivity index (χ0n) is 16.5. The van der Waals surface area contributed by atoms with E-state index in [1.807, 2.05) is 13.1 Å². The summed E-state index contributed by atoms with van der Waals surface area (Å²) in [5.74, 6) is 0.313. The second kappa shape index (κ2) is 8.93. The first-order valence-electron chi connectivity index (χ1n) is 9.68. The van der Waals surface area contributed by atoms with E-state index in [0.29, 0.717) is 6.42 Å². The number of ether oxygens (including phenoxy) is 1. The van der Waals surface area contributed by atoms with Crippen molar-refractivity contribution in [2.75, 3.05) is 13.2 Å². The fourth-order valence-corrected chi connectivity index (χ4v) is 3.40. The largest absolute Gasteiger partial charge is 0.494 e. The zero-order chi connectivity index (χ0) is 20.1. The van der Waals surface area contributed by atoms with Crippen LogP contribution in [0.3, 0.4) is 0 Å². The van der Waals surface area contributed by atoms with Gasteiger partial charge in [0.1, 0.15) is 11.4 Å². The predicted molar refractivity (Wildman–Crippen MR) is 109 cm³/mol. The van der Waals surface area contributed by atoms with Crippen LogP contribution in [0.25, 0.3) is 10.9 Å². The number of carbonyl (C=O) groups is 1. The standard InChI is InChI=1S/C21H28N4O3/c1-3-4-9-28-17-7-8-20-18(10-17)15(11-24(20)2)5-6-16(13-26)25-12-19(21(22)27)23-14-25/h7-8,10-12,14,16,26H,3-6,9,13H2,1-2H3,(H2,22,27)/t16-/m1/s1. The molecule has 0 saturated carbocycles. The van der Waals surface area contributed by atoms with Gasteiger partial charge >= 0.3 is 0 Å². The van der Waals surface area contributed by atoms with Crippen molar-refractivity contribution in [2.24, 2.45) is 12.8 Å². The molecule has 28 heavy (non-hydrogen) atoms. The minimum atomic E-state index is -0.569. The highest BCUT2D eigenvalue weighted by Crippen LogP contribution is 2.28. The summed E-state index contributed by atoms with van der Waals surface area (Å²) in [6.07, 6.45) is 8.90. The minimum Gasteiger partial charge on any atom is -0.494 e. The maximum atomic E-state index is 11.2. The molecule has 2 aromatic heterocycles. The van der Waals surface area contributed by atoms with Crippen molar-refractivity contribution in [3.63, 3.8) is 0 Å². The van der Waals surface area contributed by atoms with E-state index >= 15 is 0 Å². The van der Waals surface area contributed by atoms with E-state index in [1.165, 1.54) is 5.56 Å². The number of hydrogen-bond acceptors (Lipinski definition) is 4. The first-order valence-corrected chi connectivity index (χ1v) is 9.68. The molecule has 0 aliphatic heterocycles. The Morgan fingerprint density at radius 2 is 2.18 bits per heavy atom. The summed E-state index contributed by atoms with van der Waals surface area (Å²) < 4.78 is 9.72. The van der Waals surface area contributed by atoms with Crippen LogP contribution >= 0.6 is 0 Å². The number of aromatic nitrogens is 3. The molecule has 0 radical (unpaired) electrons. The van der Waals surface area contributed by atoms with Crippen LogP contribution in [0.5, 0.6) is 5.75 Å². The Morgan fingerprint density at radius 1 is 1.36 bits per heavy atom. The van der Waals surface area contributed by atoms with Crippen molar-refractivity contribution in [3.8, 4) is 5.75 Å². The number of unbranched alkanes of at least 4 members (excludes halogenated alkanes) is 1. The number of hydrogen-bond donors (Lipinski definition) is 2. The topological polar surface area (TPSA) is 95.3 Å². The lowest BCUT2D eigenvalue weighted by Gasteiger charge is -2.15. The molecule has 2 heterocycles. The molecule has 7 nitrogen and oxygen atoms in total. The summed E-state index contributed by atoms with van der Waals surface area (Å²) in [5.41, 5.74) is 7.82. The maximum absolute atomic E-state index is 11.2. The number of rotatable bonds is 10. The van der Waals surface area contributed by atoms with Crippen LogP contribution < -0.4 is 10.5 Å². The number of amides is 1. The lowest BCUT2D eigenvalue weighted by atomic mass is 10.0. The van der Waals surface area contributed by atoms with Gasteiger partial charge in [-0.2, -0.15) is 0 Å². The van der Waals surface area contributed by atoms with Gasteiger partial charge in [0.2, 0.25) is 0 Å². The van der Waals surface area contributed by atoms with Gasteiger partial charge in [-0.3, -0.25) is 4.79 Å². The highest BCUT2D eigenvalue weighted by molar-refractivity contribution is 5.90. The molecule has 0 aliphatic carbocycles. The molecule has 1 atom stereocenters. The molecule has 0 spiro atoms. The average molecular weight is 384 g/mol. The van der Waals surface area contributed by atoms with Crippen LogP contribution in [0, 0.1) is 0 Å². The van der Waals surface area contributed by atoms with E-state index in [-0.39, 0.29) is 18.3 Å². The number of imidazole rings is 1. The lowest BCUT2D eigenvalue weighted by molar-refractivity contribution is 0.0995. The first kappa shape index (κ1) is 19.9. The second-order valence-corrected chi connectivity index (χ2v) is 7.09. The van der Waals surface area contributed by atoms with Crippen molar-refractivity contribution in [1.82, 2.24) is 14.1 Å². The molecule has 3 rings (SSSR count). The van der Waals surface area contributed by atoms with Crippen LogP contribution in [0.1, 0.15) is 48.3 Å². The quantitative estimate of drug-likeness (QED) is 0.526. The Bertz CT molecular complexity index is 944. The van der Waals surface area contributed by atoms with Gasteiger partial charge in [-0.15, -0.1) is 0 Å². The number of aliphatic hydroxyl groups excluding tert-OH is 1. The Kier molecular flexibility index (Phi) is 6.36. The van der Waals surface area contributed by atoms with Gasteiger partial charge in [-0.25, -0.2) is 4.98 Å². The van der Waals surface area contributed by atoms with Crippen LogP contribution in [0.4, 0.5) is 0 Å². The Hall–Kier alpha value is -2.80. The van der Waals surface area contributed by atoms with Crippen molar-refractivity contribution in [1.29, 1.82) is 0 Å². The maximum Gasteiger partial charge on any atom is 0.268 e. The van der Waals surface area contributed by atoms with Gasteiger partial charge < -0.3 is 24.7 Å². The van der Waals surface area contributed by atoms with Crippen molar-refractivity contribution in [3.05, 3.63) is 48.2 Å². The molecule has 3 aromatic rings. The van der Waals surface area contributed by atoms with Gasteiger partial charge in [0, 0.05) is 30.3 Å². The van der Waals surface area contributed by atoms with Crippen molar-refractivity contribution < 1.29 is 14.6 Å². The van der Waals surface area contributed by atoms with E-state index in [0.717, 1.165) is 42.5 Å². The summed E-state index contributed by atoms with van der Waals surface area (Å²) in [6.45, 7) is 2.83. The monoisotopic (exact) mass is 384 g/mol. The predicted octanol–water partition coefficient (Wildman–Crippen LogP) is 2.82. The third-order valence-corrected chi connectivity index (χ3v) is 5.04. The molecule has 3 N–H and O–H groups in total. The summed E-state index contributed by atoms with van der Waals surface area (Å²) in [5, 5.41) is 11.0. The Balaban J connectivity index is 1.76. The smallest absolute Gasteiger partial charge is 0.268 e. The molecule has 0 bridgehead atoms. The fourth-order valence-electron chi connectivity index (χ4n) is 3.40. The fraction of sp³-hybridized carbons (Fsp3) is 0.429. The normalized spacial score (nSPS) is 12.4. The minimum absolute atomic E-state index is 0.0370. The summed E-state index contributed by atoms with van der Waals surface area (Å²) in [6, 6.07) is 6.02. The van der Waals surface area contributed by atoms with Crippen molar-refractivity contribution in [2.45, 2.75) is 38.6 Å². The lowest BCUT2D eigenvalue weighted by Crippen LogP contribution is -2.14. The SMILES string of the molecule is CCCCOc1ccc2c(c1)c(CC[C@H](CO)n1cnc(C(N)=O)c1)cn2C. The van der Waals surface area contributed by atoms with Crippen LogP contribution in [0.2, 0.25) is 0 Å². The molecular formula is C21H28N4O3. The number of aliphatic hydroxyl groups is 1. The number of benzene rings is 1. The van der Waals surface area contributed by atoms with E-state index in [4.69, 9.17) is 10.5 Å². The molecule has 1 aromatic carbocycles. The van der Waals surface area contributed by atoms with E-state index in [2.05, 4.69) is 34.8 Å². The molecule has 0 aliphatic rings. The van der Waals surface area contributed by atoms with E-state index < -0.39 is 5.91 Å². The highest BCUT2D eigenvalue weighted by atomic mass is 16.5. The molecule has 150 valence electrons. The third-order valence-electron chi connectivity index (χ3n) is 5.04. The molecule has 0 unspecified atom stereocenters. The van der Waals surface area contributed by atoms with Gasteiger partial charge in [0.15, 0.2) is 0 Å². The average Bonchev–Trinajstić information content (AvgIpc) is 3.28. The summed E-state index contributed by atoms with van der Waals surface area (Å²) in [4.78, 5) is 15.2. The summed E-state index contributed by atoms with van der Waals surface area (Å²) in [7, 11) is 2.03. The van der Waals surface area contributed by atoms with Gasteiger partial charge in [-0.1, -0.05) is 13.3 Å². The van der Waals surface area contributed by atoms with E-state index in [9.17, 15) is 9.90 Å². The Labute approximate surface area is 164 Å². The molecule has 7 heteroatoms. The van der Waals surface area contributed by atoms with Crippen LogP contribution in [0.15, 0.2) is 36.9 Å². The molecule has 0 fully saturated rings. The van der Waals surface area contributed by atoms with Crippen LogP contribution in [-0.4, -0.2) is 38.3 Å². The molecular weight excluding hydrogens is 356 g/mol. The van der Waals surface area contributed by atoms with Crippen LogP contribution in [-0.2, 0) is 13.5 Å². The first-order chi connectivity index (χ1) is 13.5. The number of nitrogens with two attached hydrogens (primary N) is 1. The molecule has 1 amide bonds. The van der Waals surface area contributed by atoms with Gasteiger partial charge in [-0.05, 0) is 43.0 Å². The van der Waals surface area contributed by atoms with Gasteiger partial charge in [0.05, 0.1) is 25.6 Å². The number of nitrogens with zero attached hydrogens (tertiary/aromatic N) is 3. The number of aryl methyl sites for hydroxylation is 2. The molecule has 0 saturated heterocycles. The zero-order valence-corrected chi connectivity index (χ0v) is 16.5. The Morgan fingerprint density at radius 3 is 2.86 bits per heavy atom. The van der Waals surface area contributed by atoms with Gasteiger partial charge in [0.25, 0.3) is 5.91 Å². The second-order valence-electron chi connectivity index (χ2n) is 7.09. The highest BCUT2D eigenvalue weighted by Gasteiger charge is 2.15. The number of carbonyl (C=O) groups excluding carboxylic acids is 1. The van der Waals surface area contributed by atoms with Crippen molar-refractivity contribution >= 4 is 16.8 Å². The summed E-state index contributed by atoms with van der Waals surface area (Å²) >= 11 is 0. The third kappa shape index (κ3) is 4.36.